The standard InChI is InChI=1S/C14H16O4S/c1-3-11-8-9-14(11,13(15)16)19(17,18)12-6-4-10(2)5-7-12/h3-7,11H,1,8-9H2,2H3,(H,15,16)/t11-,14-/m1/s1. The number of carbonyl (C=O) groups is 1. The molecule has 0 aromatic heterocycles. The van der Waals surface area contributed by atoms with Gasteiger partial charge >= 0.3 is 5.97 Å². The number of benzene rings is 1. The number of hydrogen-bond acceptors (Lipinski definition) is 3. The molecule has 1 aromatic rings. The van der Waals surface area contributed by atoms with E-state index in [0.717, 1.165) is 5.56 Å². The van der Waals surface area contributed by atoms with Crippen molar-refractivity contribution >= 4 is 15.8 Å². The van der Waals surface area contributed by atoms with Crippen LogP contribution in [0.2, 0.25) is 0 Å². The third-order valence-corrected chi connectivity index (χ3v) is 6.42. The topological polar surface area (TPSA) is 71.4 Å². The van der Waals surface area contributed by atoms with Crippen molar-refractivity contribution in [3.63, 3.8) is 0 Å². The van der Waals surface area contributed by atoms with E-state index in [4.69, 9.17) is 0 Å². The van der Waals surface area contributed by atoms with Crippen LogP contribution >= 0.6 is 0 Å². The van der Waals surface area contributed by atoms with E-state index in [0.29, 0.717) is 6.42 Å². The van der Waals surface area contributed by atoms with E-state index in [1.54, 1.807) is 12.1 Å². The Bertz CT molecular complexity index is 615. The van der Waals surface area contributed by atoms with Gasteiger partial charge in [0.1, 0.15) is 0 Å². The van der Waals surface area contributed by atoms with Gasteiger partial charge in [-0.2, -0.15) is 0 Å². The second-order valence-corrected chi connectivity index (χ2v) is 7.10. The van der Waals surface area contributed by atoms with E-state index in [1.807, 2.05) is 6.92 Å². The first-order chi connectivity index (χ1) is 8.86. The molecule has 1 aliphatic carbocycles. The first-order valence-corrected chi connectivity index (χ1v) is 7.52. The average molecular weight is 280 g/mol. The minimum atomic E-state index is -3.91. The third kappa shape index (κ3) is 1.80. The minimum Gasteiger partial charge on any atom is -0.480 e. The van der Waals surface area contributed by atoms with Crippen LogP contribution < -0.4 is 0 Å². The van der Waals surface area contributed by atoms with Gasteiger partial charge in [0.2, 0.25) is 0 Å². The summed E-state index contributed by atoms with van der Waals surface area (Å²) < 4.78 is 23.5. The highest BCUT2D eigenvalue weighted by molar-refractivity contribution is 7.93. The first-order valence-electron chi connectivity index (χ1n) is 6.03. The lowest BCUT2D eigenvalue weighted by Crippen LogP contribution is -2.58. The zero-order valence-corrected chi connectivity index (χ0v) is 11.5. The quantitative estimate of drug-likeness (QED) is 0.858. The van der Waals surface area contributed by atoms with Gasteiger partial charge in [-0.05, 0) is 31.9 Å². The summed E-state index contributed by atoms with van der Waals surface area (Å²) in [5.41, 5.74) is 0.928. The lowest BCUT2D eigenvalue weighted by atomic mass is 9.73. The van der Waals surface area contributed by atoms with Crippen LogP contribution in [-0.2, 0) is 14.6 Å². The normalized spacial score (nSPS) is 26.5. The van der Waals surface area contributed by atoms with Crippen LogP contribution in [0.25, 0.3) is 0 Å². The molecule has 19 heavy (non-hydrogen) atoms. The van der Waals surface area contributed by atoms with E-state index in [9.17, 15) is 18.3 Å². The maximum absolute atomic E-state index is 12.6. The minimum absolute atomic E-state index is 0.0621. The molecule has 0 aliphatic heterocycles. The molecular weight excluding hydrogens is 264 g/mol. The molecular formula is C14H16O4S. The van der Waals surface area contributed by atoms with Gasteiger partial charge < -0.3 is 5.11 Å². The molecule has 1 saturated carbocycles. The van der Waals surface area contributed by atoms with Crippen molar-refractivity contribution in [1.82, 2.24) is 0 Å². The zero-order chi connectivity index (χ0) is 14.3. The molecule has 2 rings (SSSR count). The van der Waals surface area contributed by atoms with Gasteiger partial charge in [-0.25, -0.2) is 8.42 Å². The van der Waals surface area contributed by atoms with Crippen molar-refractivity contribution in [2.75, 3.05) is 0 Å². The number of sulfone groups is 1. The highest BCUT2D eigenvalue weighted by Crippen LogP contribution is 2.48. The van der Waals surface area contributed by atoms with Crippen molar-refractivity contribution in [1.29, 1.82) is 0 Å². The molecule has 0 saturated heterocycles. The second-order valence-electron chi connectivity index (χ2n) is 4.89. The number of carboxylic acid groups (broad SMARTS) is 1. The molecule has 0 radical (unpaired) electrons. The van der Waals surface area contributed by atoms with Crippen LogP contribution in [0.5, 0.6) is 0 Å². The lowest BCUT2D eigenvalue weighted by molar-refractivity contribution is -0.144. The Labute approximate surface area is 112 Å². The van der Waals surface area contributed by atoms with Crippen molar-refractivity contribution in [2.24, 2.45) is 5.92 Å². The molecule has 0 bridgehead atoms. The molecule has 102 valence electrons. The number of rotatable bonds is 4. The summed E-state index contributed by atoms with van der Waals surface area (Å²) in [5, 5.41) is 9.41. The van der Waals surface area contributed by atoms with Gasteiger partial charge in [0.05, 0.1) is 4.90 Å². The molecule has 1 N–H and O–H groups in total. The van der Waals surface area contributed by atoms with Gasteiger partial charge in [0.25, 0.3) is 0 Å². The van der Waals surface area contributed by atoms with Gasteiger partial charge in [-0.15, -0.1) is 6.58 Å². The van der Waals surface area contributed by atoms with Crippen molar-refractivity contribution in [3.8, 4) is 0 Å². The lowest BCUT2D eigenvalue weighted by Gasteiger charge is -2.43. The second kappa shape index (κ2) is 4.49. The van der Waals surface area contributed by atoms with Crippen LogP contribution in [0.3, 0.4) is 0 Å². The highest BCUT2D eigenvalue weighted by Gasteiger charge is 2.61. The molecule has 1 fully saturated rings. The Morgan fingerprint density at radius 1 is 1.42 bits per heavy atom. The van der Waals surface area contributed by atoms with Gasteiger partial charge in [0.15, 0.2) is 14.6 Å². The molecule has 5 heteroatoms. The number of hydrogen-bond donors (Lipinski definition) is 1. The van der Waals surface area contributed by atoms with Crippen LogP contribution in [0.4, 0.5) is 0 Å². The van der Waals surface area contributed by atoms with Crippen molar-refractivity contribution in [3.05, 3.63) is 42.5 Å². The Morgan fingerprint density at radius 3 is 2.37 bits per heavy atom. The number of carboxylic acids is 1. The van der Waals surface area contributed by atoms with Crippen LogP contribution in [0, 0.1) is 12.8 Å². The molecule has 2 atom stereocenters. The van der Waals surface area contributed by atoms with Gasteiger partial charge in [-0.1, -0.05) is 23.8 Å². The predicted octanol–water partition coefficient (Wildman–Crippen LogP) is 2.19. The largest absolute Gasteiger partial charge is 0.480 e. The summed E-state index contributed by atoms with van der Waals surface area (Å²) in [4.78, 5) is 11.6. The summed E-state index contributed by atoms with van der Waals surface area (Å²) in [6.45, 7) is 5.40. The fourth-order valence-electron chi connectivity index (χ4n) is 2.52. The van der Waals surface area contributed by atoms with Gasteiger partial charge in [0, 0.05) is 5.92 Å². The Hall–Kier alpha value is -1.62. The van der Waals surface area contributed by atoms with Crippen LogP contribution in [0.15, 0.2) is 41.8 Å². The third-order valence-electron chi connectivity index (χ3n) is 3.88. The summed E-state index contributed by atoms with van der Waals surface area (Å²) in [6.07, 6.45) is 2.11. The van der Waals surface area contributed by atoms with Crippen LogP contribution in [0.1, 0.15) is 18.4 Å². The average Bonchev–Trinajstić information content (AvgIpc) is 2.28. The smallest absolute Gasteiger partial charge is 0.326 e. The van der Waals surface area contributed by atoms with Crippen molar-refractivity contribution < 1.29 is 18.3 Å². The fourth-order valence-corrected chi connectivity index (χ4v) is 4.67. The monoisotopic (exact) mass is 280 g/mol. The summed E-state index contributed by atoms with van der Waals surface area (Å²) in [7, 11) is -3.91. The Kier molecular flexibility index (Phi) is 3.26. The van der Waals surface area contributed by atoms with Gasteiger partial charge in [-0.3, -0.25) is 4.79 Å². The molecule has 0 spiro atoms. The Balaban J connectivity index is 2.56. The van der Waals surface area contributed by atoms with E-state index in [-0.39, 0.29) is 11.3 Å². The molecule has 0 unspecified atom stereocenters. The molecule has 1 aliphatic rings. The summed E-state index contributed by atoms with van der Waals surface area (Å²) >= 11 is 0. The number of allylic oxidation sites excluding steroid dienone is 1. The van der Waals surface area contributed by atoms with E-state index < -0.39 is 26.5 Å². The highest BCUT2D eigenvalue weighted by atomic mass is 32.2. The van der Waals surface area contributed by atoms with Crippen LogP contribution in [-0.4, -0.2) is 24.2 Å². The van der Waals surface area contributed by atoms with E-state index in [2.05, 4.69) is 6.58 Å². The molecule has 0 amide bonds. The van der Waals surface area contributed by atoms with E-state index in [1.165, 1.54) is 18.2 Å². The number of aliphatic carboxylic acids is 1. The molecule has 1 aromatic carbocycles. The van der Waals surface area contributed by atoms with E-state index >= 15 is 0 Å². The first kappa shape index (κ1) is 13.8. The Morgan fingerprint density at radius 2 is 2.00 bits per heavy atom. The zero-order valence-electron chi connectivity index (χ0n) is 10.7. The number of aryl methyl sites for hydroxylation is 1. The summed E-state index contributed by atoms with van der Waals surface area (Å²) in [6, 6.07) is 6.27. The maximum Gasteiger partial charge on any atom is 0.326 e. The fraction of sp³-hybridized carbons (Fsp3) is 0.357. The SMILES string of the molecule is C=C[C@@H]1CC[C@@]1(C(=O)O)S(=O)(=O)c1ccc(C)cc1. The van der Waals surface area contributed by atoms with Crippen molar-refractivity contribution in [2.45, 2.75) is 29.4 Å². The molecule has 4 nitrogen and oxygen atoms in total. The molecule has 0 heterocycles. The predicted molar refractivity (Wildman–Crippen MR) is 71.7 cm³/mol. The summed E-state index contributed by atoms with van der Waals surface area (Å²) in [5.74, 6) is -1.82. The maximum atomic E-state index is 12.6.